The normalized spacial score (nSPS) is 13.1. The van der Waals surface area contributed by atoms with Gasteiger partial charge in [0.25, 0.3) is 0 Å². The third-order valence-corrected chi connectivity index (χ3v) is 10.3. The Kier molecular flexibility index (Phi) is 6.67. The molecule has 0 saturated carbocycles. The quantitative estimate of drug-likeness (QED) is 0.178. The maximum Gasteiger partial charge on any atom is 0.0547 e. The number of benzene rings is 7. The van der Waals surface area contributed by atoms with Crippen LogP contribution in [0.4, 0.5) is 0 Å². The summed E-state index contributed by atoms with van der Waals surface area (Å²) in [4.78, 5) is 0. The minimum Gasteiger partial charge on any atom is -0.309 e. The van der Waals surface area contributed by atoms with Gasteiger partial charge in [0.1, 0.15) is 0 Å². The first-order valence-electron chi connectivity index (χ1n) is 17.5. The molecule has 10 rings (SSSR count). The van der Waals surface area contributed by atoms with Gasteiger partial charge in [0.05, 0.1) is 22.1 Å². The molecular weight excluding hydrogens is 605 g/mol. The fourth-order valence-electron chi connectivity index (χ4n) is 7.97. The van der Waals surface area contributed by atoms with E-state index in [1.807, 2.05) is 0 Å². The zero-order valence-electron chi connectivity index (χ0n) is 27.6. The van der Waals surface area contributed by atoms with Crippen molar-refractivity contribution < 1.29 is 0 Å². The molecule has 0 atom stereocenters. The van der Waals surface area contributed by atoms with Crippen LogP contribution in [0.1, 0.15) is 18.4 Å². The van der Waals surface area contributed by atoms with Crippen LogP contribution >= 0.6 is 0 Å². The van der Waals surface area contributed by atoms with Crippen LogP contribution < -0.4 is 0 Å². The van der Waals surface area contributed by atoms with Gasteiger partial charge in [-0.3, -0.25) is 0 Å². The van der Waals surface area contributed by atoms with Crippen molar-refractivity contribution in [1.82, 2.24) is 9.13 Å². The summed E-state index contributed by atoms with van der Waals surface area (Å²) in [6.07, 6.45) is 9.13. The van der Waals surface area contributed by atoms with E-state index in [4.69, 9.17) is 0 Å². The SMILES string of the molecule is C1=CC(c2cc(-c3ccccc3)cc(-n3c4ccccc4c4ccc(-c5ccc6c7ccccc7n(-c7ccccc7)c6c5)cc43)c2)=CCC1. The Bertz CT molecular complexity index is 2790. The molecule has 9 aromatic rings. The summed E-state index contributed by atoms with van der Waals surface area (Å²) in [6, 6.07) is 60.0. The van der Waals surface area contributed by atoms with E-state index in [0.717, 1.165) is 12.8 Å². The van der Waals surface area contributed by atoms with E-state index >= 15 is 0 Å². The first kappa shape index (κ1) is 28.6. The van der Waals surface area contributed by atoms with Crippen molar-refractivity contribution in [3.63, 3.8) is 0 Å². The van der Waals surface area contributed by atoms with E-state index in [-0.39, 0.29) is 0 Å². The van der Waals surface area contributed by atoms with Crippen LogP contribution in [0, 0.1) is 0 Å². The van der Waals surface area contributed by atoms with Crippen molar-refractivity contribution in [2.24, 2.45) is 0 Å². The molecule has 2 nitrogen and oxygen atoms in total. The summed E-state index contributed by atoms with van der Waals surface area (Å²) < 4.78 is 4.87. The molecule has 7 aromatic carbocycles. The first-order valence-corrected chi connectivity index (χ1v) is 17.5. The molecule has 0 radical (unpaired) electrons. The molecule has 50 heavy (non-hydrogen) atoms. The van der Waals surface area contributed by atoms with Crippen LogP contribution in [0.15, 0.2) is 182 Å². The standard InChI is InChI=1S/C48H34N2/c1-4-14-33(15-5-1)37-28-38(34-16-6-2-7-17-34)30-40(29-37)50-46-23-13-11-21-42(46)44-27-25-36(32-48(44)50)35-24-26-43-41-20-10-12-22-45(41)49(47(43)31-35)39-18-8-3-9-19-39/h1,3-6,8-32H,2,7H2. The maximum absolute atomic E-state index is 2.47. The molecule has 0 bridgehead atoms. The number of aromatic nitrogens is 2. The highest BCUT2D eigenvalue weighted by atomic mass is 15.0. The Morgan fingerprint density at radius 3 is 1.50 bits per heavy atom. The highest BCUT2D eigenvalue weighted by Crippen LogP contribution is 2.39. The number of para-hydroxylation sites is 3. The molecule has 0 aliphatic heterocycles. The van der Waals surface area contributed by atoms with E-state index in [1.54, 1.807) is 0 Å². The second-order valence-corrected chi connectivity index (χ2v) is 13.3. The molecule has 0 N–H and O–H groups in total. The lowest BCUT2D eigenvalue weighted by atomic mass is 9.95. The third-order valence-electron chi connectivity index (χ3n) is 10.3. The summed E-state index contributed by atoms with van der Waals surface area (Å²) in [6.45, 7) is 0. The number of hydrogen-bond donors (Lipinski definition) is 0. The predicted molar refractivity (Wildman–Crippen MR) is 212 cm³/mol. The average molecular weight is 639 g/mol. The Morgan fingerprint density at radius 1 is 0.340 bits per heavy atom. The molecule has 2 aromatic heterocycles. The monoisotopic (exact) mass is 638 g/mol. The van der Waals surface area contributed by atoms with E-state index in [9.17, 15) is 0 Å². The Hall–Kier alpha value is -6.38. The van der Waals surface area contributed by atoms with E-state index in [2.05, 4.69) is 191 Å². The number of fused-ring (bicyclic) bond motifs is 6. The van der Waals surface area contributed by atoms with Crippen molar-refractivity contribution in [3.05, 3.63) is 188 Å². The topological polar surface area (TPSA) is 9.86 Å². The molecule has 236 valence electrons. The number of allylic oxidation sites excluding steroid dienone is 4. The van der Waals surface area contributed by atoms with Gasteiger partial charge in [-0.25, -0.2) is 0 Å². The van der Waals surface area contributed by atoms with Gasteiger partial charge in [-0.2, -0.15) is 0 Å². The smallest absolute Gasteiger partial charge is 0.0547 e. The van der Waals surface area contributed by atoms with Gasteiger partial charge >= 0.3 is 0 Å². The second-order valence-electron chi connectivity index (χ2n) is 13.3. The van der Waals surface area contributed by atoms with Crippen LogP contribution in [0.5, 0.6) is 0 Å². The molecule has 0 saturated heterocycles. The molecule has 0 unspecified atom stereocenters. The number of rotatable bonds is 5. The molecule has 0 amide bonds. The minimum absolute atomic E-state index is 1.07. The Balaban J connectivity index is 1.21. The molecule has 2 heterocycles. The van der Waals surface area contributed by atoms with Gasteiger partial charge in [0.2, 0.25) is 0 Å². The molecule has 0 spiro atoms. The fourth-order valence-corrected chi connectivity index (χ4v) is 7.97. The van der Waals surface area contributed by atoms with Crippen LogP contribution in [-0.4, -0.2) is 9.13 Å². The van der Waals surface area contributed by atoms with E-state index in [0.29, 0.717) is 0 Å². The summed E-state index contributed by atoms with van der Waals surface area (Å²) >= 11 is 0. The van der Waals surface area contributed by atoms with Crippen LogP contribution in [0.25, 0.3) is 82.8 Å². The predicted octanol–water partition coefficient (Wildman–Crippen LogP) is 12.9. The summed E-state index contributed by atoms with van der Waals surface area (Å²) in [5.41, 5.74) is 14.6. The van der Waals surface area contributed by atoms with Crippen LogP contribution in [-0.2, 0) is 0 Å². The molecule has 2 heteroatoms. The van der Waals surface area contributed by atoms with E-state index in [1.165, 1.54) is 88.4 Å². The van der Waals surface area contributed by atoms with Crippen LogP contribution in [0.3, 0.4) is 0 Å². The van der Waals surface area contributed by atoms with E-state index < -0.39 is 0 Å². The van der Waals surface area contributed by atoms with Gasteiger partial charge in [0.15, 0.2) is 0 Å². The molecule has 1 aliphatic carbocycles. The highest BCUT2D eigenvalue weighted by molar-refractivity contribution is 6.12. The summed E-state index contributed by atoms with van der Waals surface area (Å²) in [5, 5.41) is 5.05. The van der Waals surface area contributed by atoms with Crippen molar-refractivity contribution >= 4 is 49.2 Å². The van der Waals surface area contributed by atoms with Crippen molar-refractivity contribution in [2.45, 2.75) is 12.8 Å². The highest BCUT2D eigenvalue weighted by Gasteiger charge is 2.17. The second kappa shape index (κ2) is 11.6. The minimum atomic E-state index is 1.07. The van der Waals surface area contributed by atoms with Gasteiger partial charge < -0.3 is 9.13 Å². The summed E-state index contributed by atoms with van der Waals surface area (Å²) in [5.74, 6) is 0. The average Bonchev–Trinajstić information content (AvgIpc) is 3.71. The first-order chi connectivity index (χ1) is 24.8. The number of nitrogens with zero attached hydrogens (tertiary/aromatic N) is 2. The Labute approximate surface area is 291 Å². The maximum atomic E-state index is 2.47. The lowest BCUT2D eigenvalue weighted by Gasteiger charge is -2.16. The van der Waals surface area contributed by atoms with Gasteiger partial charge in [-0.05, 0) is 101 Å². The zero-order chi connectivity index (χ0) is 33.0. The number of hydrogen-bond acceptors (Lipinski definition) is 0. The molecule has 1 aliphatic rings. The van der Waals surface area contributed by atoms with Gasteiger partial charge in [-0.1, -0.05) is 127 Å². The Morgan fingerprint density at radius 2 is 0.880 bits per heavy atom. The van der Waals surface area contributed by atoms with Crippen molar-refractivity contribution in [3.8, 4) is 33.6 Å². The van der Waals surface area contributed by atoms with Crippen LogP contribution in [0.2, 0.25) is 0 Å². The zero-order valence-corrected chi connectivity index (χ0v) is 27.6. The fraction of sp³-hybridized carbons (Fsp3) is 0.0417. The third kappa shape index (κ3) is 4.64. The summed E-state index contributed by atoms with van der Waals surface area (Å²) in [7, 11) is 0. The molecular formula is C48H34N2. The van der Waals surface area contributed by atoms with Gasteiger partial charge in [-0.15, -0.1) is 0 Å². The lowest BCUT2D eigenvalue weighted by Crippen LogP contribution is -1.98. The van der Waals surface area contributed by atoms with Gasteiger partial charge in [0, 0.05) is 32.9 Å². The molecule has 0 fully saturated rings. The van der Waals surface area contributed by atoms with Crippen molar-refractivity contribution in [1.29, 1.82) is 0 Å². The lowest BCUT2D eigenvalue weighted by molar-refractivity contribution is 1.04. The largest absolute Gasteiger partial charge is 0.309 e. The van der Waals surface area contributed by atoms with Crippen molar-refractivity contribution in [2.75, 3.05) is 0 Å².